The van der Waals surface area contributed by atoms with Gasteiger partial charge in [0.15, 0.2) is 0 Å². The van der Waals surface area contributed by atoms with E-state index in [-0.39, 0.29) is 11.4 Å². The van der Waals surface area contributed by atoms with Crippen molar-refractivity contribution in [1.29, 1.82) is 0 Å². The van der Waals surface area contributed by atoms with Crippen LogP contribution in [-0.2, 0) is 9.53 Å². The molecule has 2 nitrogen and oxygen atoms in total. The highest BCUT2D eigenvalue weighted by molar-refractivity contribution is 5.77. The fourth-order valence-corrected chi connectivity index (χ4v) is 7.71. The van der Waals surface area contributed by atoms with Gasteiger partial charge in [-0.05, 0) is 86.9 Å². The smallest absolute Gasteiger partial charge is 0.311 e. The Kier molecular flexibility index (Phi) is 3.32. The lowest BCUT2D eigenvalue weighted by atomic mass is 9.37. The zero-order valence-electron chi connectivity index (χ0n) is 15.1. The van der Waals surface area contributed by atoms with E-state index >= 15 is 0 Å². The number of esters is 1. The van der Waals surface area contributed by atoms with E-state index in [0.717, 1.165) is 18.3 Å². The van der Waals surface area contributed by atoms with Gasteiger partial charge >= 0.3 is 5.97 Å². The van der Waals surface area contributed by atoms with E-state index in [1.807, 2.05) is 0 Å². The highest BCUT2D eigenvalue weighted by atomic mass is 16.5. The van der Waals surface area contributed by atoms with E-state index in [9.17, 15) is 4.79 Å². The molecule has 5 fully saturated rings. The molecule has 6 atom stereocenters. The zero-order valence-corrected chi connectivity index (χ0v) is 15.1. The summed E-state index contributed by atoms with van der Waals surface area (Å²) in [6.07, 6.45) is 11.4. The molecule has 5 aliphatic carbocycles. The van der Waals surface area contributed by atoms with Crippen LogP contribution in [0, 0.1) is 34.0 Å². The third-order valence-electron chi connectivity index (χ3n) is 8.76. The van der Waals surface area contributed by atoms with Crippen LogP contribution in [0.5, 0.6) is 0 Å². The van der Waals surface area contributed by atoms with Crippen LogP contribution in [0.15, 0.2) is 12.2 Å². The molecule has 0 aromatic carbocycles. The predicted octanol–water partition coefficient (Wildman–Crippen LogP) is 5.13. The lowest BCUT2D eigenvalue weighted by Crippen LogP contribution is -2.61. The summed E-state index contributed by atoms with van der Waals surface area (Å²) < 4.78 is 5.25. The number of hydrogen-bond acceptors (Lipinski definition) is 2. The molecule has 0 saturated heterocycles. The van der Waals surface area contributed by atoms with Gasteiger partial charge in [0.2, 0.25) is 0 Å². The van der Waals surface area contributed by atoms with Crippen LogP contribution in [-0.4, -0.2) is 13.1 Å². The second kappa shape index (κ2) is 4.86. The molecule has 23 heavy (non-hydrogen) atoms. The molecule has 5 aliphatic rings. The summed E-state index contributed by atoms with van der Waals surface area (Å²) >= 11 is 0. The maximum Gasteiger partial charge on any atom is 0.311 e. The molecule has 0 heterocycles. The monoisotopic (exact) mass is 316 g/mol. The Labute approximate surface area is 141 Å². The van der Waals surface area contributed by atoms with Gasteiger partial charge in [-0.25, -0.2) is 0 Å². The quantitative estimate of drug-likeness (QED) is 0.495. The number of carbonyl (C=O) groups is 1. The predicted molar refractivity (Wildman–Crippen MR) is 91.8 cm³/mol. The second-order valence-corrected chi connectivity index (χ2v) is 9.58. The number of rotatable bonds is 1. The number of hydrogen-bond donors (Lipinski definition) is 0. The Hall–Kier alpha value is -0.790. The van der Waals surface area contributed by atoms with Gasteiger partial charge in [-0.1, -0.05) is 25.5 Å². The summed E-state index contributed by atoms with van der Waals surface area (Å²) in [7, 11) is 1.57. The fraction of sp³-hybridized carbons (Fsp3) is 0.857. The highest BCUT2D eigenvalue weighted by Gasteiger charge is 2.65. The normalized spacial score (nSPS) is 51.8. The minimum absolute atomic E-state index is 0.0368. The Balaban J connectivity index is 1.73. The number of ether oxygens (including phenoxy) is 1. The SMILES string of the molecule is C=C1C[C@]23CC[C@@H]1C[C@H]2[C@]1(C)CCC[C@@](C)(C(=O)OC)[C@H]1CC3. The molecule has 0 N–H and O–H groups in total. The molecule has 1 spiro atoms. The molecule has 5 saturated carbocycles. The van der Waals surface area contributed by atoms with Crippen molar-refractivity contribution in [1.82, 2.24) is 0 Å². The van der Waals surface area contributed by atoms with Crippen molar-refractivity contribution >= 4 is 5.97 Å². The first-order chi connectivity index (χ1) is 10.9. The van der Waals surface area contributed by atoms with Crippen LogP contribution >= 0.6 is 0 Å². The summed E-state index contributed by atoms with van der Waals surface area (Å²) in [5.41, 5.74) is 2.09. The zero-order chi connectivity index (χ0) is 16.5. The van der Waals surface area contributed by atoms with Crippen molar-refractivity contribution in [3.8, 4) is 0 Å². The topological polar surface area (TPSA) is 26.3 Å². The molecular formula is C21H32O2. The molecule has 0 radical (unpaired) electrons. The maximum atomic E-state index is 12.6. The van der Waals surface area contributed by atoms with Gasteiger partial charge in [-0.2, -0.15) is 0 Å². The Bertz CT molecular complexity index is 552. The first-order valence-corrected chi connectivity index (χ1v) is 9.62. The molecule has 2 bridgehead atoms. The van der Waals surface area contributed by atoms with Gasteiger partial charge in [0.25, 0.3) is 0 Å². The van der Waals surface area contributed by atoms with Crippen LogP contribution in [0.4, 0.5) is 0 Å². The standard InChI is InChI=1S/C21H32O2/c1-14-13-21-10-6-15(14)12-17(21)19(2)8-5-9-20(3,18(22)23-4)16(19)7-11-21/h15-17H,1,5-13H2,2-4H3/t15-,16+,17+,19-,20-,21-/m1/s1. The van der Waals surface area contributed by atoms with Crippen LogP contribution in [0.3, 0.4) is 0 Å². The Morgan fingerprint density at radius 1 is 1.13 bits per heavy atom. The van der Waals surface area contributed by atoms with Gasteiger partial charge in [-0.3, -0.25) is 4.79 Å². The first-order valence-electron chi connectivity index (χ1n) is 9.62. The molecule has 0 unspecified atom stereocenters. The Morgan fingerprint density at radius 2 is 1.87 bits per heavy atom. The first kappa shape index (κ1) is 15.7. The number of carbonyl (C=O) groups excluding carboxylic acids is 1. The van der Waals surface area contributed by atoms with E-state index < -0.39 is 0 Å². The van der Waals surface area contributed by atoms with E-state index in [1.165, 1.54) is 56.9 Å². The van der Waals surface area contributed by atoms with E-state index in [0.29, 0.717) is 16.7 Å². The van der Waals surface area contributed by atoms with Crippen LogP contribution < -0.4 is 0 Å². The van der Waals surface area contributed by atoms with Crippen LogP contribution in [0.25, 0.3) is 0 Å². The van der Waals surface area contributed by atoms with Crippen LogP contribution in [0.2, 0.25) is 0 Å². The third-order valence-corrected chi connectivity index (χ3v) is 8.76. The molecule has 5 rings (SSSR count). The second-order valence-electron chi connectivity index (χ2n) is 9.58. The maximum absolute atomic E-state index is 12.6. The van der Waals surface area contributed by atoms with Gasteiger partial charge in [-0.15, -0.1) is 0 Å². The fourth-order valence-electron chi connectivity index (χ4n) is 7.71. The molecule has 128 valence electrons. The van der Waals surface area contributed by atoms with Crippen molar-refractivity contribution in [2.24, 2.45) is 34.0 Å². The molecule has 0 amide bonds. The molecule has 0 aromatic rings. The summed E-state index contributed by atoms with van der Waals surface area (Å²) in [4.78, 5) is 12.6. The molecule has 2 heteroatoms. The van der Waals surface area contributed by atoms with Crippen molar-refractivity contribution in [3.63, 3.8) is 0 Å². The average Bonchev–Trinajstić information content (AvgIpc) is 2.53. The lowest BCUT2D eigenvalue weighted by Gasteiger charge is -2.67. The minimum Gasteiger partial charge on any atom is -0.469 e. The number of methoxy groups -OCH3 is 1. The summed E-state index contributed by atoms with van der Waals surface area (Å²) in [6, 6.07) is 0. The molecule has 0 aliphatic heterocycles. The van der Waals surface area contributed by atoms with Crippen molar-refractivity contribution in [2.45, 2.75) is 71.6 Å². The van der Waals surface area contributed by atoms with Gasteiger partial charge in [0.05, 0.1) is 12.5 Å². The number of fused-ring (bicyclic) bond motifs is 3. The number of allylic oxidation sites excluding steroid dienone is 1. The van der Waals surface area contributed by atoms with Crippen molar-refractivity contribution in [3.05, 3.63) is 12.2 Å². The molecule has 0 aromatic heterocycles. The summed E-state index contributed by atoms with van der Waals surface area (Å²) in [5.74, 6) is 2.08. The summed E-state index contributed by atoms with van der Waals surface area (Å²) in [5, 5.41) is 0. The van der Waals surface area contributed by atoms with Crippen molar-refractivity contribution < 1.29 is 9.53 Å². The minimum atomic E-state index is -0.267. The van der Waals surface area contributed by atoms with Gasteiger partial charge in [0.1, 0.15) is 0 Å². The third kappa shape index (κ3) is 1.90. The van der Waals surface area contributed by atoms with Crippen molar-refractivity contribution in [2.75, 3.05) is 7.11 Å². The van der Waals surface area contributed by atoms with Gasteiger partial charge < -0.3 is 4.74 Å². The Morgan fingerprint density at radius 3 is 2.57 bits per heavy atom. The highest BCUT2D eigenvalue weighted by Crippen LogP contribution is 2.72. The van der Waals surface area contributed by atoms with E-state index in [2.05, 4.69) is 20.4 Å². The van der Waals surface area contributed by atoms with E-state index in [1.54, 1.807) is 7.11 Å². The largest absolute Gasteiger partial charge is 0.469 e. The lowest BCUT2D eigenvalue weighted by molar-refractivity contribution is -0.192. The van der Waals surface area contributed by atoms with E-state index in [4.69, 9.17) is 4.74 Å². The average molecular weight is 316 g/mol. The summed E-state index contributed by atoms with van der Waals surface area (Å²) in [6.45, 7) is 9.12. The van der Waals surface area contributed by atoms with Gasteiger partial charge in [0, 0.05) is 0 Å². The van der Waals surface area contributed by atoms with Crippen LogP contribution in [0.1, 0.15) is 71.6 Å². The molecular weight excluding hydrogens is 284 g/mol.